The summed E-state index contributed by atoms with van der Waals surface area (Å²) in [5.74, 6) is -0.815. The third-order valence-electron chi connectivity index (χ3n) is 5.15. The number of nitrogens with zero attached hydrogens (tertiary/aromatic N) is 1. The van der Waals surface area contributed by atoms with E-state index in [1.807, 2.05) is 6.92 Å². The smallest absolute Gasteiger partial charge is 0.338 e. The first-order valence-electron chi connectivity index (χ1n) is 9.51. The molecule has 144 valence electrons. The number of hydrogen-bond acceptors (Lipinski definition) is 5. The van der Waals surface area contributed by atoms with Gasteiger partial charge in [0, 0.05) is 0 Å². The molecule has 4 rings (SSSR count). The van der Waals surface area contributed by atoms with E-state index >= 15 is 0 Å². The highest BCUT2D eigenvalue weighted by atomic mass is 32.1. The minimum atomic E-state index is -0.508. The van der Waals surface area contributed by atoms with Gasteiger partial charge >= 0.3 is 5.97 Å². The fraction of sp³-hybridized carbons (Fsp3) is 0.318. The van der Waals surface area contributed by atoms with E-state index in [1.165, 1.54) is 35.3 Å². The number of benzene rings is 2. The third kappa shape index (κ3) is 4.07. The standard InChI is InChI=1S/C22H22N2O3S/c1-14(16-7-6-15-4-2-3-5-17(15)10-16)24-21(25)12-27-22(26)18-8-9-19-20(11-18)28-13-23-19/h6-11,13-14H,2-5,12H2,1H3,(H,24,25)/t14-/m0/s1. The molecule has 0 spiro atoms. The largest absolute Gasteiger partial charge is 0.452 e. The van der Waals surface area contributed by atoms with Crippen LogP contribution >= 0.6 is 11.3 Å². The number of ether oxygens (including phenoxy) is 1. The Morgan fingerprint density at radius 1 is 1.14 bits per heavy atom. The summed E-state index contributed by atoms with van der Waals surface area (Å²) in [6.45, 7) is 1.65. The predicted molar refractivity (Wildman–Crippen MR) is 110 cm³/mol. The molecule has 1 aromatic heterocycles. The number of esters is 1. The summed E-state index contributed by atoms with van der Waals surface area (Å²) in [5, 5.41) is 2.91. The molecule has 0 unspecified atom stereocenters. The molecule has 0 bridgehead atoms. The lowest BCUT2D eigenvalue weighted by molar-refractivity contribution is -0.124. The number of aromatic nitrogens is 1. The molecule has 1 aliphatic rings. The normalized spacial score (nSPS) is 14.3. The van der Waals surface area contributed by atoms with Crippen LogP contribution in [0.25, 0.3) is 10.2 Å². The Morgan fingerprint density at radius 3 is 2.82 bits per heavy atom. The molecule has 0 fully saturated rings. The van der Waals surface area contributed by atoms with E-state index in [0.717, 1.165) is 28.6 Å². The SMILES string of the molecule is C[C@H](NC(=O)COC(=O)c1ccc2ncsc2c1)c1ccc2c(c1)CCCC2. The van der Waals surface area contributed by atoms with Gasteiger partial charge in [-0.3, -0.25) is 4.79 Å². The van der Waals surface area contributed by atoms with Crippen molar-refractivity contribution in [2.45, 2.75) is 38.6 Å². The first-order valence-corrected chi connectivity index (χ1v) is 10.4. The van der Waals surface area contributed by atoms with Crippen LogP contribution in [-0.4, -0.2) is 23.5 Å². The monoisotopic (exact) mass is 394 g/mol. The Hall–Kier alpha value is -2.73. The highest BCUT2D eigenvalue weighted by molar-refractivity contribution is 7.16. The number of fused-ring (bicyclic) bond motifs is 2. The first-order chi connectivity index (χ1) is 13.6. The van der Waals surface area contributed by atoms with Crippen molar-refractivity contribution in [2.24, 2.45) is 0 Å². The van der Waals surface area contributed by atoms with Crippen LogP contribution in [0.4, 0.5) is 0 Å². The van der Waals surface area contributed by atoms with Crippen LogP contribution in [0.5, 0.6) is 0 Å². The van der Waals surface area contributed by atoms with Crippen molar-refractivity contribution >= 4 is 33.4 Å². The molecule has 0 saturated carbocycles. The summed E-state index contributed by atoms with van der Waals surface area (Å²) in [5.41, 5.74) is 6.88. The van der Waals surface area contributed by atoms with Crippen molar-refractivity contribution in [1.29, 1.82) is 0 Å². The molecule has 1 aliphatic carbocycles. The van der Waals surface area contributed by atoms with Crippen LogP contribution in [0.1, 0.15) is 52.9 Å². The van der Waals surface area contributed by atoms with Crippen LogP contribution in [0, 0.1) is 0 Å². The molecular formula is C22H22N2O3S. The van der Waals surface area contributed by atoms with Gasteiger partial charge in [0.15, 0.2) is 6.61 Å². The molecule has 1 N–H and O–H groups in total. The first kappa shape index (κ1) is 18.6. The van der Waals surface area contributed by atoms with Crippen LogP contribution in [0.3, 0.4) is 0 Å². The number of rotatable bonds is 5. The van der Waals surface area contributed by atoms with Crippen molar-refractivity contribution in [3.8, 4) is 0 Å². The van der Waals surface area contributed by atoms with Crippen molar-refractivity contribution in [2.75, 3.05) is 6.61 Å². The fourth-order valence-electron chi connectivity index (χ4n) is 3.59. The van der Waals surface area contributed by atoms with E-state index in [2.05, 4.69) is 28.5 Å². The van der Waals surface area contributed by atoms with E-state index in [0.29, 0.717) is 5.56 Å². The molecule has 2 aromatic carbocycles. The molecule has 6 heteroatoms. The third-order valence-corrected chi connectivity index (χ3v) is 5.94. The zero-order chi connectivity index (χ0) is 19.5. The second-order valence-corrected chi connectivity index (χ2v) is 8.02. The number of carbonyl (C=O) groups is 2. The molecule has 0 aliphatic heterocycles. The van der Waals surface area contributed by atoms with Crippen LogP contribution in [0.2, 0.25) is 0 Å². The Balaban J connectivity index is 1.33. The maximum Gasteiger partial charge on any atom is 0.338 e. The van der Waals surface area contributed by atoms with E-state index in [-0.39, 0.29) is 18.6 Å². The summed E-state index contributed by atoms with van der Waals surface area (Å²) in [6.07, 6.45) is 4.71. The molecule has 1 atom stereocenters. The van der Waals surface area contributed by atoms with Gasteiger partial charge in [-0.2, -0.15) is 0 Å². The number of hydrogen-bond donors (Lipinski definition) is 1. The molecule has 5 nitrogen and oxygen atoms in total. The minimum absolute atomic E-state index is 0.132. The van der Waals surface area contributed by atoms with Gasteiger partial charge < -0.3 is 10.1 Å². The van der Waals surface area contributed by atoms with E-state index in [9.17, 15) is 9.59 Å². The van der Waals surface area contributed by atoms with Gasteiger partial charge in [-0.15, -0.1) is 11.3 Å². The fourth-order valence-corrected chi connectivity index (χ4v) is 4.30. The van der Waals surface area contributed by atoms with Gasteiger partial charge in [0.2, 0.25) is 0 Å². The van der Waals surface area contributed by atoms with Gasteiger partial charge in [0.05, 0.1) is 27.3 Å². The lowest BCUT2D eigenvalue weighted by Gasteiger charge is -2.20. The maximum atomic E-state index is 12.2. The zero-order valence-electron chi connectivity index (χ0n) is 15.7. The van der Waals surface area contributed by atoms with Gasteiger partial charge in [0.25, 0.3) is 5.91 Å². The quantitative estimate of drug-likeness (QED) is 0.658. The molecule has 3 aromatic rings. The Morgan fingerprint density at radius 2 is 1.96 bits per heavy atom. The highest BCUT2D eigenvalue weighted by Crippen LogP contribution is 2.25. The van der Waals surface area contributed by atoms with Crippen molar-refractivity contribution in [1.82, 2.24) is 10.3 Å². The Labute approximate surface area is 167 Å². The summed E-state index contributed by atoms with van der Waals surface area (Å²) in [7, 11) is 0. The van der Waals surface area contributed by atoms with E-state index < -0.39 is 5.97 Å². The second-order valence-electron chi connectivity index (χ2n) is 7.14. The van der Waals surface area contributed by atoms with Gasteiger partial charge in [-0.25, -0.2) is 9.78 Å². The van der Waals surface area contributed by atoms with Crippen LogP contribution in [0.15, 0.2) is 41.9 Å². The summed E-state index contributed by atoms with van der Waals surface area (Å²) in [4.78, 5) is 28.6. The van der Waals surface area contributed by atoms with Gasteiger partial charge in [-0.1, -0.05) is 18.2 Å². The average Bonchev–Trinajstić information content (AvgIpc) is 3.19. The highest BCUT2D eigenvalue weighted by Gasteiger charge is 2.16. The van der Waals surface area contributed by atoms with Crippen LogP contribution in [-0.2, 0) is 22.4 Å². The molecule has 1 heterocycles. The average molecular weight is 394 g/mol. The molecular weight excluding hydrogens is 372 g/mol. The summed E-state index contributed by atoms with van der Waals surface area (Å²) >= 11 is 1.46. The lowest BCUT2D eigenvalue weighted by atomic mass is 9.89. The van der Waals surface area contributed by atoms with Crippen molar-refractivity contribution in [3.05, 3.63) is 64.2 Å². The van der Waals surface area contributed by atoms with E-state index in [4.69, 9.17) is 4.74 Å². The van der Waals surface area contributed by atoms with Crippen molar-refractivity contribution in [3.63, 3.8) is 0 Å². The minimum Gasteiger partial charge on any atom is -0.452 e. The number of thiazole rings is 1. The van der Waals surface area contributed by atoms with Gasteiger partial charge in [0.1, 0.15) is 0 Å². The Bertz CT molecular complexity index is 1030. The number of carbonyl (C=O) groups excluding carboxylic acids is 2. The number of aryl methyl sites for hydroxylation is 2. The summed E-state index contributed by atoms with van der Waals surface area (Å²) in [6, 6.07) is 11.5. The maximum absolute atomic E-state index is 12.2. The van der Waals surface area contributed by atoms with Gasteiger partial charge in [-0.05, 0) is 67.5 Å². The molecule has 1 amide bonds. The van der Waals surface area contributed by atoms with Crippen LogP contribution < -0.4 is 5.32 Å². The second kappa shape index (κ2) is 8.10. The van der Waals surface area contributed by atoms with Crippen molar-refractivity contribution < 1.29 is 14.3 Å². The molecule has 0 saturated heterocycles. The Kier molecular flexibility index (Phi) is 5.39. The topological polar surface area (TPSA) is 68.3 Å². The zero-order valence-corrected chi connectivity index (χ0v) is 16.6. The molecule has 0 radical (unpaired) electrons. The number of nitrogens with one attached hydrogen (secondary N) is 1. The summed E-state index contributed by atoms with van der Waals surface area (Å²) < 4.78 is 6.09. The molecule has 28 heavy (non-hydrogen) atoms. The lowest BCUT2D eigenvalue weighted by Crippen LogP contribution is -2.31. The van der Waals surface area contributed by atoms with E-state index in [1.54, 1.807) is 23.7 Å². The predicted octanol–water partition coefficient (Wildman–Crippen LogP) is 4.21. The number of amides is 1.